The zero-order valence-corrected chi connectivity index (χ0v) is 14.6. The van der Waals surface area contributed by atoms with Gasteiger partial charge in [-0.15, -0.1) is 0 Å². The Bertz CT molecular complexity index is 462. The molecule has 124 valence electrons. The third-order valence-corrected chi connectivity index (χ3v) is 7.27. The molecule has 22 heavy (non-hydrogen) atoms. The highest BCUT2D eigenvalue weighted by molar-refractivity contribution is 5.83. The molecule has 4 bridgehead atoms. The Hall–Kier alpha value is -0.570. The Morgan fingerprint density at radius 3 is 2.09 bits per heavy atom. The van der Waals surface area contributed by atoms with E-state index in [0.717, 1.165) is 44.7 Å². The van der Waals surface area contributed by atoms with Gasteiger partial charge < -0.3 is 10.2 Å². The molecule has 1 aliphatic heterocycles. The van der Waals surface area contributed by atoms with E-state index in [1.807, 2.05) is 7.05 Å². The zero-order chi connectivity index (χ0) is 15.6. The molecule has 0 radical (unpaired) electrons. The highest BCUT2D eigenvalue weighted by Gasteiger charge is 2.63. The molecule has 0 aromatic rings. The molecule has 3 heteroatoms. The first-order chi connectivity index (χ1) is 10.4. The monoisotopic (exact) mass is 304 g/mol. The van der Waals surface area contributed by atoms with Gasteiger partial charge in [-0.2, -0.15) is 0 Å². The number of amides is 1. The Morgan fingerprint density at radius 1 is 1.00 bits per heavy atom. The molecule has 5 fully saturated rings. The number of carbonyl (C=O) groups excluding carboxylic acids is 1. The van der Waals surface area contributed by atoms with Crippen molar-refractivity contribution in [3.05, 3.63) is 0 Å². The number of hydrogen-bond donors (Lipinski definition) is 1. The minimum Gasteiger partial charge on any atom is -0.342 e. The fourth-order valence-electron chi connectivity index (χ4n) is 7.39. The van der Waals surface area contributed by atoms with E-state index >= 15 is 0 Å². The second-order valence-electron chi connectivity index (χ2n) is 9.77. The maximum atomic E-state index is 13.4. The van der Waals surface area contributed by atoms with Crippen LogP contribution in [0.4, 0.5) is 0 Å². The molecule has 1 amide bonds. The summed E-state index contributed by atoms with van der Waals surface area (Å²) in [4.78, 5) is 15.7. The molecule has 3 nitrogen and oxygen atoms in total. The van der Waals surface area contributed by atoms with Crippen LogP contribution in [0.3, 0.4) is 0 Å². The van der Waals surface area contributed by atoms with Crippen molar-refractivity contribution in [1.29, 1.82) is 0 Å². The molecular formula is C19H32N2O. The summed E-state index contributed by atoms with van der Waals surface area (Å²) in [5.41, 5.74) is 0.871. The predicted octanol–water partition coefficient (Wildman–Crippen LogP) is 3.19. The maximum absolute atomic E-state index is 13.4. The van der Waals surface area contributed by atoms with Gasteiger partial charge >= 0.3 is 0 Å². The van der Waals surface area contributed by atoms with Crippen LogP contribution in [0.2, 0.25) is 0 Å². The molecule has 0 spiro atoms. The number of likely N-dealkylation sites (tertiary alicyclic amines) is 1. The summed E-state index contributed by atoms with van der Waals surface area (Å²) in [6.45, 7) is 6.85. The third-order valence-electron chi connectivity index (χ3n) is 7.27. The maximum Gasteiger partial charge on any atom is 0.228 e. The van der Waals surface area contributed by atoms with Gasteiger partial charge in [-0.25, -0.2) is 0 Å². The first-order valence-electron chi connectivity index (χ1n) is 9.32. The molecule has 1 saturated heterocycles. The van der Waals surface area contributed by atoms with Crippen molar-refractivity contribution in [3.8, 4) is 0 Å². The Kier molecular flexibility index (Phi) is 3.21. The second-order valence-corrected chi connectivity index (χ2v) is 9.77. The minimum atomic E-state index is -0.00457. The molecule has 4 aliphatic carbocycles. The molecule has 1 heterocycles. The highest BCUT2D eigenvalue weighted by Crippen LogP contribution is 2.69. The third kappa shape index (κ3) is 2.23. The number of hydrogen-bond acceptors (Lipinski definition) is 2. The summed E-state index contributed by atoms with van der Waals surface area (Å²) in [5.74, 6) is 1.33. The highest BCUT2D eigenvalue weighted by atomic mass is 16.2. The first-order valence-corrected chi connectivity index (χ1v) is 9.32. The summed E-state index contributed by atoms with van der Waals surface area (Å²) in [7, 11) is 2.04. The van der Waals surface area contributed by atoms with Crippen LogP contribution in [-0.4, -0.2) is 37.0 Å². The number of nitrogens with zero attached hydrogens (tertiary/aromatic N) is 1. The second kappa shape index (κ2) is 4.72. The number of nitrogens with one attached hydrogen (secondary N) is 1. The summed E-state index contributed by atoms with van der Waals surface area (Å²) in [6, 6.07) is 0.607. The van der Waals surface area contributed by atoms with Gasteiger partial charge in [0.25, 0.3) is 0 Å². The van der Waals surface area contributed by atoms with E-state index in [0.29, 0.717) is 22.8 Å². The van der Waals surface area contributed by atoms with Gasteiger partial charge in [0.2, 0.25) is 5.91 Å². The normalized spacial score (nSPS) is 48.0. The van der Waals surface area contributed by atoms with Gasteiger partial charge in [0.15, 0.2) is 0 Å². The lowest BCUT2D eigenvalue weighted by Crippen LogP contribution is -2.61. The van der Waals surface area contributed by atoms with Gasteiger partial charge in [-0.05, 0) is 75.2 Å². The van der Waals surface area contributed by atoms with E-state index in [9.17, 15) is 4.79 Å². The van der Waals surface area contributed by atoms with Gasteiger partial charge in [0.05, 0.1) is 5.41 Å². The minimum absolute atomic E-state index is 0.00457. The molecule has 5 rings (SSSR count). The Balaban J connectivity index is 1.55. The lowest BCUT2D eigenvalue weighted by Gasteiger charge is -2.65. The lowest BCUT2D eigenvalue weighted by atomic mass is 9.40. The fourth-order valence-corrected chi connectivity index (χ4v) is 7.39. The van der Waals surface area contributed by atoms with Crippen molar-refractivity contribution >= 4 is 5.91 Å². The largest absolute Gasteiger partial charge is 0.342 e. The fraction of sp³-hybridized carbons (Fsp3) is 0.947. The average molecular weight is 304 g/mol. The van der Waals surface area contributed by atoms with Crippen LogP contribution in [0.1, 0.15) is 65.2 Å². The van der Waals surface area contributed by atoms with E-state index in [4.69, 9.17) is 0 Å². The van der Waals surface area contributed by atoms with E-state index in [1.165, 1.54) is 25.7 Å². The van der Waals surface area contributed by atoms with E-state index < -0.39 is 0 Å². The SMILES string of the molecule is CNC1CCN(C(=O)C23CC4CC(C)(CC(C)(C4)C2)C3)CC1. The molecule has 0 aromatic carbocycles. The molecule has 2 atom stereocenters. The van der Waals surface area contributed by atoms with Crippen LogP contribution < -0.4 is 5.32 Å². The predicted molar refractivity (Wildman–Crippen MR) is 88.5 cm³/mol. The number of piperidine rings is 1. The van der Waals surface area contributed by atoms with E-state index in [-0.39, 0.29) is 5.41 Å². The van der Waals surface area contributed by atoms with Crippen LogP contribution in [0.5, 0.6) is 0 Å². The van der Waals surface area contributed by atoms with Gasteiger partial charge in [-0.1, -0.05) is 13.8 Å². The zero-order valence-electron chi connectivity index (χ0n) is 14.6. The van der Waals surface area contributed by atoms with Crippen molar-refractivity contribution < 1.29 is 4.79 Å². The molecule has 1 N–H and O–H groups in total. The average Bonchev–Trinajstić information content (AvgIpc) is 2.43. The van der Waals surface area contributed by atoms with Gasteiger partial charge in [0, 0.05) is 19.1 Å². The standard InChI is InChI=1S/C19H32N2O/c1-17-8-14-9-18(2,11-17)13-19(10-14,12-17)16(22)21-6-4-15(20-3)5-7-21/h14-15,20H,4-13H2,1-3H3. The Labute approximate surface area is 135 Å². The van der Waals surface area contributed by atoms with E-state index in [2.05, 4.69) is 24.1 Å². The quantitative estimate of drug-likeness (QED) is 0.850. The smallest absolute Gasteiger partial charge is 0.228 e. The molecule has 2 unspecified atom stereocenters. The van der Waals surface area contributed by atoms with Crippen molar-refractivity contribution in [2.75, 3.05) is 20.1 Å². The summed E-state index contributed by atoms with van der Waals surface area (Å²) in [6.07, 6.45) is 9.86. The molecule has 5 aliphatic rings. The van der Waals surface area contributed by atoms with Crippen LogP contribution >= 0.6 is 0 Å². The topological polar surface area (TPSA) is 32.3 Å². The summed E-state index contributed by atoms with van der Waals surface area (Å²) < 4.78 is 0. The van der Waals surface area contributed by atoms with Crippen molar-refractivity contribution in [3.63, 3.8) is 0 Å². The Morgan fingerprint density at radius 2 is 1.59 bits per heavy atom. The summed E-state index contributed by atoms with van der Waals surface area (Å²) >= 11 is 0. The molecule has 4 saturated carbocycles. The first kappa shape index (κ1) is 15.0. The van der Waals surface area contributed by atoms with Crippen LogP contribution in [0, 0.1) is 22.2 Å². The van der Waals surface area contributed by atoms with Crippen molar-refractivity contribution in [2.24, 2.45) is 22.2 Å². The van der Waals surface area contributed by atoms with Crippen LogP contribution in [0.25, 0.3) is 0 Å². The van der Waals surface area contributed by atoms with Gasteiger partial charge in [-0.3, -0.25) is 4.79 Å². The number of rotatable bonds is 2. The summed E-state index contributed by atoms with van der Waals surface area (Å²) in [5, 5.41) is 3.37. The van der Waals surface area contributed by atoms with Crippen LogP contribution in [0.15, 0.2) is 0 Å². The molecular weight excluding hydrogens is 272 g/mol. The number of carbonyl (C=O) groups is 1. The van der Waals surface area contributed by atoms with E-state index in [1.54, 1.807) is 0 Å². The van der Waals surface area contributed by atoms with Crippen molar-refractivity contribution in [2.45, 2.75) is 71.3 Å². The van der Waals surface area contributed by atoms with Crippen LogP contribution in [-0.2, 0) is 4.79 Å². The molecule has 0 aromatic heterocycles. The van der Waals surface area contributed by atoms with Gasteiger partial charge in [0.1, 0.15) is 0 Å². The van der Waals surface area contributed by atoms with Crippen molar-refractivity contribution in [1.82, 2.24) is 10.2 Å². The lowest BCUT2D eigenvalue weighted by molar-refractivity contribution is -0.180.